The van der Waals surface area contributed by atoms with Crippen LogP contribution in [0.4, 0.5) is 0 Å². The zero-order chi connectivity index (χ0) is 18.7. The van der Waals surface area contributed by atoms with Crippen LogP contribution in [0.5, 0.6) is 0 Å². The Morgan fingerprint density at radius 1 is 1.08 bits per heavy atom. The molecule has 0 radical (unpaired) electrons. The maximum absolute atomic E-state index is 11.2. The number of hydrogen-bond donors (Lipinski definition) is 7. The van der Waals surface area contributed by atoms with Gasteiger partial charge in [-0.3, -0.25) is 4.79 Å². The van der Waals surface area contributed by atoms with Crippen molar-refractivity contribution in [2.75, 3.05) is 13.2 Å². The van der Waals surface area contributed by atoms with E-state index in [9.17, 15) is 35.4 Å². The van der Waals surface area contributed by atoms with Crippen molar-refractivity contribution in [3.05, 3.63) is 0 Å². The predicted octanol–water partition coefficient (Wildman–Crippen LogP) is -4.22. The first kappa shape index (κ1) is 20.4. The van der Waals surface area contributed by atoms with Crippen LogP contribution in [0, 0.1) is 0 Å². The monoisotopic (exact) mass is 367 g/mol. The smallest absolute Gasteiger partial charge is 0.217 e. The molecule has 0 spiro atoms. The van der Waals surface area contributed by atoms with Crippen molar-refractivity contribution < 1.29 is 49.6 Å². The number of ether oxygens (including phenoxy) is 3. The third kappa shape index (κ3) is 4.64. The molecule has 2 aliphatic rings. The SMILES string of the molecule is CC(=O)N[C@H]1[C@H](O)O[C@H](CO)C(O[C@H]2CC(O)C(O)[C@@H](CO)O2)[C@@H]1O. The lowest BCUT2D eigenvalue weighted by atomic mass is 9.96. The molecule has 11 heteroatoms. The summed E-state index contributed by atoms with van der Waals surface area (Å²) in [6.45, 7) is 0.0483. The van der Waals surface area contributed by atoms with Crippen molar-refractivity contribution in [2.24, 2.45) is 0 Å². The van der Waals surface area contributed by atoms with Gasteiger partial charge in [-0.25, -0.2) is 0 Å². The normalized spacial score (nSPS) is 45.2. The molecule has 1 amide bonds. The average Bonchev–Trinajstić information content (AvgIpc) is 2.56. The Labute approximate surface area is 143 Å². The predicted molar refractivity (Wildman–Crippen MR) is 78.8 cm³/mol. The van der Waals surface area contributed by atoms with Gasteiger partial charge in [0.1, 0.15) is 36.6 Å². The van der Waals surface area contributed by atoms with Gasteiger partial charge in [0.05, 0.1) is 19.3 Å². The summed E-state index contributed by atoms with van der Waals surface area (Å²) in [5.41, 5.74) is 0. The first-order valence-corrected chi connectivity index (χ1v) is 7.96. The number of hydrogen-bond acceptors (Lipinski definition) is 10. The summed E-state index contributed by atoms with van der Waals surface area (Å²) in [6.07, 6.45) is -10.2. The van der Waals surface area contributed by atoms with Gasteiger partial charge in [0, 0.05) is 13.3 Å². The Bertz CT molecular complexity index is 451. The fraction of sp³-hybridized carbons (Fsp3) is 0.929. The number of carbonyl (C=O) groups is 1. The van der Waals surface area contributed by atoms with E-state index < -0.39 is 74.4 Å². The third-order valence-corrected chi connectivity index (χ3v) is 4.27. The van der Waals surface area contributed by atoms with Crippen molar-refractivity contribution in [3.8, 4) is 0 Å². The minimum absolute atomic E-state index is 0.146. The number of nitrogens with one attached hydrogen (secondary N) is 1. The summed E-state index contributed by atoms with van der Waals surface area (Å²) in [7, 11) is 0. The molecule has 0 aliphatic carbocycles. The van der Waals surface area contributed by atoms with Crippen LogP contribution in [0.3, 0.4) is 0 Å². The molecular weight excluding hydrogens is 342 g/mol. The first-order chi connectivity index (χ1) is 11.8. The summed E-state index contributed by atoms with van der Waals surface area (Å²) in [4.78, 5) is 11.2. The van der Waals surface area contributed by atoms with Gasteiger partial charge in [-0.15, -0.1) is 0 Å². The molecule has 3 unspecified atom stereocenters. The van der Waals surface area contributed by atoms with Gasteiger partial charge in [0.25, 0.3) is 0 Å². The molecule has 2 heterocycles. The molecule has 0 saturated carbocycles. The Kier molecular flexibility index (Phi) is 7.08. The molecule has 2 aliphatic heterocycles. The maximum Gasteiger partial charge on any atom is 0.217 e. The minimum atomic E-state index is -1.55. The Morgan fingerprint density at radius 2 is 1.72 bits per heavy atom. The van der Waals surface area contributed by atoms with E-state index in [0.29, 0.717) is 0 Å². The molecular formula is C14H25NO10. The standard InChI is InChI=1S/C14H25NO10/c1-5(18)15-10-12(21)13(8(4-17)24-14(10)22)25-9-2-6(19)11(20)7(3-16)23-9/h6-14,16-17,19-22H,2-4H2,1H3,(H,15,18)/t6?,7-,8-,9+,10-,11?,12-,13?,14-/m1/s1. The highest BCUT2D eigenvalue weighted by atomic mass is 16.7. The fourth-order valence-electron chi connectivity index (χ4n) is 2.97. The summed E-state index contributed by atoms with van der Waals surface area (Å²) in [5.74, 6) is -0.513. The fourth-order valence-corrected chi connectivity index (χ4v) is 2.97. The first-order valence-electron chi connectivity index (χ1n) is 7.96. The number of aliphatic hydroxyl groups excluding tert-OH is 6. The third-order valence-electron chi connectivity index (χ3n) is 4.27. The summed E-state index contributed by atoms with van der Waals surface area (Å²) < 4.78 is 16.0. The average molecular weight is 367 g/mol. The molecule has 146 valence electrons. The van der Waals surface area contributed by atoms with Crippen molar-refractivity contribution in [1.29, 1.82) is 0 Å². The molecule has 2 saturated heterocycles. The van der Waals surface area contributed by atoms with Crippen LogP contribution in [0.25, 0.3) is 0 Å². The summed E-state index contributed by atoms with van der Waals surface area (Å²) >= 11 is 0. The number of rotatable bonds is 5. The van der Waals surface area contributed by atoms with Crippen LogP contribution in [0.1, 0.15) is 13.3 Å². The van der Waals surface area contributed by atoms with E-state index in [0.717, 1.165) is 0 Å². The second-order valence-electron chi connectivity index (χ2n) is 6.15. The lowest BCUT2D eigenvalue weighted by molar-refractivity contribution is -0.321. The molecule has 2 fully saturated rings. The molecule has 11 nitrogen and oxygen atoms in total. The van der Waals surface area contributed by atoms with Crippen LogP contribution in [-0.2, 0) is 19.0 Å². The van der Waals surface area contributed by atoms with Crippen LogP contribution in [-0.4, -0.2) is 105 Å². The van der Waals surface area contributed by atoms with Crippen LogP contribution in [0.2, 0.25) is 0 Å². The van der Waals surface area contributed by atoms with E-state index in [1.165, 1.54) is 6.92 Å². The maximum atomic E-state index is 11.2. The Balaban J connectivity index is 2.10. The highest BCUT2D eigenvalue weighted by molar-refractivity contribution is 5.73. The molecule has 25 heavy (non-hydrogen) atoms. The summed E-state index contributed by atoms with van der Waals surface area (Å²) in [6, 6.07) is -1.20. The zero-order valence-corrected chi connectivity index (χ0v) is 13.6. The lowest BCUT2D eigenvalue weighted by Crippen LogP contribution is -2.65. The van der Waals surface area contributed by atoms with E-state index in [-0.39, 0.29) is 6.42 Å². The van der Waals surface area contributed by atoms with Gasteiger partial charge in [0.2, 0.25) is 5.91 Å². The van der Waals surface area contributed by atoms with Gasteiger partial charge < -0.3 is 50.2 Å². The molecule has 0 aromatic heterocycles. The quantitative estimate of drug-likeness (QED) is 0.252. The Morgan fingerprint density at radius 3 is 2.28 bits per heavy atom. The van der Waals surface area contributed by atoms with Crippen molar-refractivity contribution in [1.82, 2.24) is 5.32 Å². The molecule has 0 bridgehead atoms. The second kappa shape index (κ2) is 8.66. The van der Waals surface area contributed by atoms with E-state index in [1.54, 1.807) is 0 Å². The van der Waals surface area contributed by atoms with Gasteiger partial charge >= 0.3 is 0 Å². The molecule has 0 aromatic carbocycles. The van der Waals surface area contributed by atoms with Crippen LogP contribution < -0.4 is 5.32 Å². The number of carbonyl (C=O) groups excluding carboxylic acids is 1. The van der Waals surface area contributed by atoms with E-state index in [1.807, 2.05) is 0 Å². The molecule has 2 rings (SSSR count). The van der Waals surface area contributed by atoms with Crippen LogP contribution >= 0.6 is 0 Å². The number of aliphatic hydroxyl groups is 6. The highest BCUT2D eigenvalue weighted by Gasteiger charge is 2.48. The molecule has 7 N–H and O–H groups in total. The Hall–Kier alpha value is -0.890. The van der Waals surface area contributed by atoms with E-state index in [4.69, 9.17) is 14.2 Å². The van der Waals surface area contributed by atoms with Gasteiger partial charge in [-0.1, -0.05) is 0 Å². The summed E-state index contributed by atoms with van der Waals surface area (Å²) in [5, 5.41) is 60.7. The van der Waals surface area contributed by atoms with Crippen molar-refractivity contribution in [2.45, 2.75) is 68.6 Å². The topological polar surface area (TPSA) is 178 Å². The van der Waals surface area contributed by atoms with E-state index in [2.05, 4.69) is 5.32 Å². The second-order valence-corrected chi connectivity index (χ2v) is 6.15. The molecule has 9 atom stereocenters. The van der Waals surface area contributed by atoms with E-state index >= 15 is 0 Å². The largest absolute Gasteiger partial charge is 0.394 e. The van der Waals surface area contributed by atoms with Gasteiger partial charge in [0.15, 0.2) is 12.6 Å². The highest BCUT2D eigenvalue weighted by Crippen LogP contribution is 2.28. The lowest BCUT2D eigenvalue weighted by Gasteiger charge is -2.45. The van der Waals surface area contributed by atoms with Crippen molar-refractivity contribution >= 4 is 5.91 Å². The number of amides is 1. The van der Waals surface area contributed by atoms with Gasteiger partial charge in [-0.05, 0) is 0 Å². The van der Waals surface area contributed by atoms with Crippen molar-refractivity contribution in [3.63, 3.8) is 0 Å². The van der Waals surface area contributed by atoms with Gasteiger partial charge in [-0.2, -0.15) is 0 Å². The zero-order valence-electron chi connectivity index (χ0n) is 13.6. The van der Waals surface area contributed by atoms with Crippen LogP contribution in [0.15, 0.2) is 0 Å². The molecule has 0 aromatic rings. The minimum Gasteiger partial charge on any atom is -0.394 e.